The van der Waals surface area contributed by atoms with E-state index in [0.29, 0.717) is 12.3 Å². The van der Waals surface area contributed by atoms with Crippen LogP contribution in [0.2, 0.25) is 0 Å². The SMILES string of the molecule is Cc1cccc(OCC(=O)N(Cc2ccc(Br)cc2)C(C)C(=O)NC2CCCC2)c1. The van der Waals surface area contributed by atoms with E-state index in [9.17, 15) is 9.59 Å². The number of hydrogen-bond acceptors (Lipinski definition) is 3. The second-order valence-electron chi connectivity index (χ2n) is 7.92. The van der Waals surface area contributed by atoms with Crippen molar-refractivity contribution in [3.05, 3.63) is 64.1 Å². The van der Waals surface area contributed by atoms with Gasteiger partial charge in [-0.1, -0.05) is 53.0 Å². The summed E-state index contributed by atoms with van der Waals surface area (Å²) >= 11 is 3.43. The fourth-order valence-corrected chi connectivity index (χ4v) is 3.96. The minimum absolute atomic E-state index is 0.108. The zero-order valence-electron chi connectivity index (χ0n) is 17.6. The number of benzene rings is 2. The first kappa shape index (κ1) is 22.3. The molecule has 0 spiro atoms. The molecule has 0 aliphatic heterocycles. The quantitative estimate of drug-likeness (QED) is 0.609. The molecule has 5 nitrogen and oxygen atoms in total. The third-order valence-electron chi connectivity index (χ3n) is 5.49. The van der Waals surface area contributed by atoms with E-state index in [-0.39, 0.29) is 24.5 Å². The van der Waals surface area contributed by atoms with Crippen LogP contribution in [-0.2, 0) is 16.1 Å². The van der Waals surface area contributed by atoms with E-state index in [4.69, 9.17) is 4.74 Å². The zero-order chi connectivity index (χ0) is 21.5. The van der Waals surface area contributed by atoms with Crippen LogP contribution in [0.25, 0.3) is 0 Å². The summed E-state index contributed by atoms with van der Waals surface area (Å²) in [6.07, 6.45) is 4.31. The standard InChI is InChI=1S/C24H29BrN2O3/c1-17-6-5-9-22(14-17)30-16-23(28)27(15-19-10-12-20(25)13-11-19)18(2)24(29)26-21-7-3-4-8-21/h5-6,9-14,18,21H,3-4,7-8,15-16H2,1-2H3,(H,26,29). The Kier molecular flexibility index (Phi) is 7.91. The molecule has 1 atom stereocenters. The summed E-state index contributed by atoms with van der Waals surface area (Å²) in [5.41, 5.74) is 2.03. The molecule has 1 aliphatic rings. The molecule has 0 aromatic heterocycles. The van der Waals surface area contributed by atoms with E-state index >= 15 is 0 Å². The van der Waals surface area contributed by atoms with E-state index < -0.39 is 6.04 Å². The van der Waals surface area contributed by atoms with Crippen molar-refractivity contribution in [1.29, 1.82) is 0 Å². The van der Waals surface area contributed by atoms with Gasteiger partial charge in [-0.15, -0.1) is 0 Å². The summed E-state index contributed by atoms with van der Waals surface area (Å²) in [6.45, 7) is 4.00. The largest absolute Gasteiger partial charge is 0.484 e. The summed E-state index contributed by atoms with van der Waals surface area (Å²) in [4.78, 5) is 27.5. The lowest BCUT2D eigenvalue weighted by molar-refractivity contribution is -0.142. The van der Waals surface area contributed by atoms with Crippen molar-refractivity contribution in [3.63, 3.8) is 0 Å². The third kappa shape index (κ3) is 6.33. The van der Waals surface area contributed by atoms with Gasteiger partial charge in [-0.05, 0) is 62.1 Å². The average Bonchev–Trinajstić information content (AvgIpc) is 3.24. The van der Waals surface area contributed by atoms with Crippen molar-refractivity contribution in [2.75, 3.05) is 6.61 Å². The number of hydrogen-bond donors (Lipinski definition) is 1. The molecular weight excluding hydrogens is 444 g/mol. The molecule has 1 aliphatic carbocycles. The van der Waals surface area contributed by atoms with Crippen LogP contribution in [0.5, 0.6) is 5.75 Å². The predicted octanol–water partition coefficient (Wildman–Crippen LogP) is 4.61. The number of nitrogens with zero attached hydrogens (tertiary/aromatic N) is 1. The van der Waals surface area contributed by atoms with E-state index in [1.165, 1.54) is 0 Å². The minimum atomic E-state index is -0.581. The number of ether oxygens (including phenoxy) is 1. The second kappa shape index (κ2) is 10.6. The first-order valence-electron chi connectivity index (χ1n) is 10.5. The second-order valence-corrected chi connectivity index (χ2v) is 8.83. The van der Waals surface area contributed by atoms with Gasteiger partial charge in [0.15, 0.2) is 6.61 Å². The summed E-state index contributed by atoms with van der Waals surface area (Å²) in [7, 11) is 0. The van der Waals surface area contributed by atoms with Crippen LogP contribution in [0.1, 0.15) is 43.7 Å². The molecule has 0 bridgehead atoms. The first-order chi connectivity index (χ1) is 14.4. The van der Waals surface area contributed by atoms with E-state index in [1.54, 1.807) is 11.8 Å². The van der Waals surface area contributed by atoms with Crippen LogP contribution in [0, 0.1) is 6.92 Å². The van der Waals surface area contributed by atoms with Crippen molar-refractivity contribution in [3.8, 4) is 5.75 Å². The van der Waals surface area contributed by atoms with Crippen LogP contribution >= 0.6 is 15.9 Å². The smallest absolute Gasteiger partial charge is 0.261 e. The number of halogens is 1. The Morgan fingerprint density at radius 1 is 1.17 bits per heavy atom. The van der Waals surface area contributed by atoms with Gasteiger partial charge in [-0.25, -0.2) is 0 Å². The molecule has 3 rings (SSSR count). The van der Waals surface area contributed by atoms with Gasteiger partial charge in [0.1, 0.15) is 11.8 Å². The molecular formula is C24H29BrN2O3. The lowest BCUT2D eigenvalue weighted by Crippen LogP contribution is -2.50. The normalized spacial score (nSPS) is 14.9. The number of amides is 2. The molecule has 0 heterocycles. The molecule has 2 aromatic carbocycles. The van der Waals surface area contributed by atoms with Crippen LogP contribution in [0.3, 0.4) is 0 Å². The van der Waals surface area contributed by atoms with Gasteiger partial charge in [0.05, 0.1) is 0 Å². The van der Waals surface area contributed by atoms with Crippen molar-refractivity contribution >= 4 is 27.7 Å². The zero-order valence-corrected chi connectivity index (χ0v) is 19.2. The van der Waals surface area contributed by atoms with Crippen LogP contribution in [0.4, 0.5) is 0 Å². The number of aryl methyl sites for hydroxylation is 1. The van der Waals surface area contributed by atoms with Crippen LogP contribution in [-0.4, -0.2) is 35.4 Å². The fraction of sp³-hybridized carbons (Fsp3) is 0.417. The van der Waals surface area contributed by atoms with Gasteiger partial charge in [0.25, 0.3) is 5.91 Å². The maximum Gasteiger partial charge on any atom is 0.261 e. The third-order valence-corrected chi connectivity index (χ3v) is 6.02. The molecule has 30 heavy (non-hydrogen) atoms. The molecule has 1 saturated carbocycles. The minimum Gasteiger partial charge on any atom is -0.484 e. The summed E-state index contributed by atoms with van der Waals surface area (Å²) in [5.74, 6) is 0.325. The highest BCUT2D eigenvalue weighted by molar-refractivity contribution is 9.10. The van der Waals surface area contributed by atoms with Crippen LogP contribution in [0.15, 0.2) is 53.0 Å². The Balaban J connectivity index is 1.70. The monoisotopic (exact) mass is 472 g/mol. The summed E-state index contributed by atoms with van der Waals surface area (Å²) < 4.78 is 6.69. The topological polar surface area (TPSA) is 58.6 Å². The molecule has 1 fully saturated rings. The van der Waals surface area contributed by atoms with Gasteiger partial charge < -0.3 is 15.0 Å². The molecule has 160 valence electrons. The molecule has 2 aromatic rings. The molecule has 1 N–H and O–H groups in total. The van der Waals surface area contributed by atoms with Crippen molar-refractivity contribution < 1.29 is 14.3 Å². The number of carbonyl (C=O) groups excluding carboxylic acids is 2. The highest BCUT2D eigenvalue weighted by Gasteiger charge is 2.28. The average molecular weight is 473 g/mol. The maximum atomic E-state index is 13.1. The number of carbonyl (C=O) groups is 2. The van der Waals surface area contributed by atoms with Crippen molar-refractivity contribution in [2.45, 2.75) is 58.2 Å². The van der Waals surface area contributed by atoms with E-state index in [2.05, 4.69) is 21.2 Å². The highest BCUT2D eigenvalue weighted by Crippen LogP contribution is 2.19. The highest BCUT2D eigenvalue weighted by atomic mass is 79.9. The number of nitrogens with one attached hydrogen (secondary N) is 1. The van der Waals surface area contributed by atoms with Gasteiger partial charge in [0, 0.05) is 17.1 Å². The number of rotatable bonds is 8. The molecule has 0 saturated heterocycles. The van der Waals surface area contributed by atoms with Gasteiger partial charge in [-0.3, -0.25) is 9.59 Å². The summed E-state index contributed by atoms with van der Waals surface area (Å²) in [5, 5.41) is 3.11. The molecule has 2 amide bonds. The lowest BCUT2D eigenvalue weighted by Gasteiger charge is -2.29. The van der Waals surface area contributed by atoms with E-state index in [0.717, 1.165) is 41.3 Å². The lowest BCUT2D eigenvalue weighted by atomic mass is 10.1. The fourth-order valence-electron chi connectivity index (χ4n) is 3.69. The van der Waals surface area contributed by atoms with E-state index in [1.807, 2.05) is 55.5 Å². The Morgan fingerprint density at radius 3 is 2.53 bits per heavy atom. The van der Waals surface area contributed by atoms with Gasteiger partial charge in [0.2, 0.25) is 5.91 Å². The first-order valence-corrected chi connectivity index (χ1v) is 11.3. The Morgan fingerprint density at radius 2 is 1.87 bits per heavy atom. The Hall–Kier alpha value is -2.34. The van der Waals surface area contributed by atoms with Gasteiger partial charge in [-0.2, -0.15) is 0 Å². The van der Waals surface area contributed by atoms with Crippen molar-refractivity contribution in [2.24, 2.45) is 0 Å². The summed E-state index contributed by atoms with van der Waals surface area (Å²) in [6, 6.07) is 15.0. The molecule has 0 radical (unpaired) electrons. The Bertz CT molecular complexity index is 863. The predicted molar refractivity (Wildman–Crippen MR) is 121 cm³/mol. The molecule has 6 heteroatoms. The maximum absolute atomic E-state index is 13.1. The van der Waals surface area contributed by atoms with Gasteiger partial charge >= 0.3 is 0 Å². The molecule has 1 unspecified atom stereocenters. The van der Waals surface area contributed by atoms with Crippen LogP contribution < -0.4 is 10.1 Å². The van der Waals surface area contributed by atoms with Crippen molar-refractivity contribution in [1.82, 2.24) is 10.2 Å². The Labute approximate surface area is 186 Å².